The molecule has 5 unspecified atom stereocenters. The van der Waals surface area contributed by atoms with Crippen LogP contribution in [0.15, 0.2) is 0 Å². The van der Waals surface area contributed by atoms with Gasteiger partial charge in [-0.2, -0.15) is 0 Å². The van der Waals surface area contributed by atoms with Crippen molar-refractivity contribution in [2.45, 2.75) is 53.1 Å². The molecular formula is C13H24O. The molecule has 14 heavy (non-hydrogen) atoms. The van der Waals surface area contributed by atoms with Crippen molar-refractivity contribution in [3.63, 3.8) is 0 Å². The molecule has 3 aliphatic carbocycles. The molecule has 3 aliphatic rings. The molecule has 0 aromatic carbocycles. The normalized spacial score (nSPS) is 49.9. The van der Waals surface area contributed by atoms with E-state index < -0.39 is 0 Å². The molecular weight excluding hydrogens is 172 g/mol. The Morgan fingerprint density at radius 3 is 2.36 bits per heavy atom. The highest BCUT2D eigenvalue weighted by Gasteiger charge is 2.60. The Labute approximate surface area is 87.9 Å². The van der Waals surface area contributed by atoms with Crippen LogP contribution in [0.1, 0.15) is 47.0 Å². The summed E-state index contributed by atoms with van der Waals surface area (Å²) in [5.41, 5.74) is 0.406. The maximum atomic E-state index is 10.3. The summed E-state index contributed by atoms with van der Waals surface area (Å²) in [4.78, 5) is 0. The fourth-order valence-electron chi connectivity index (χ4n) is 4.14. The second-order valence-electron chi connectivity index (χ2n) is 6.07. The van der Waals surface area contributed by atoms with Gasteiger partial charge in [0.1, 0.15) is 0 Å². The lowest BCUT2D eigenvalue weighted by atomic mass is 9.42. The van der Waals surface area contributed by atoms with E-state index in [4.69, 9.17) is 0 Å². The molecule has 0 aromatic rings. The highest BCUT2D eigenvalue weighted by molar-refractivity contribution is 5.08. The average Bonchev–Trinajstić information content (AvgIpc) is 2.10. The van der Waals surface area contributed by atoms with E-state index in [-0.39, 0.29) is 6.10 Å². The number of fused-ring (bicyclic) bond motifs is 2. The first-order valence-corrected chi connectivity index (χ1v) is 6.18. The van der Waals surface area contributed by atoms with Crippen LogP contribution in [-0.2, 0) is 0 Å². The minimum atomic E-state index is -0.0232. The summed E-state index contributed by atoms with van der Waals surface area (Å²) in [7, 11) is 0. The van der Waals surface area contributed by atoms with Gasteiger partial charge in [0, 0.05) is 0 Å². The first kappa shape index (κ1) is 10.5. The van der Waals surface area contributed by atoms with E-state index >= 15 is 0 Å². The van der Waals surface area contributed by atoms with Crippen molar-refractivity contribution < 1.29 is 5.11 Å². The van der Waals surface area contributed by atoms with E-state index in [2.05, 4.69) is 27.7 Å². The Balaban J connectivity index is 2.14. The number of rotatable bonds is 2. The zero-order valence-corrected chi connectivity index (χ0v) is 9.96. The van der Waals surface area contributed by atoms with E-state index in [1.54, 1.807) is 0 Å². The summed E-state index contributed by atoms with van der Waals surface area (Å²) < 4.78 is 0. The Kier molecular flexibility index (Phi) is 2.42. The summed E-state index contributed by atoms with van der Waals surface area (Å²) in [5.74, 6) is 2.76. The number of hydrogen-bond donors (Lipinski definition) is 1. The van der Waals surface area contributed by atoms with Crippen LogP contribution in [-0.4, -0.2) is 11.2 Å². The lowest BCUT2D eigenvalue weighted by Crippen LogP contribution is -2.62. The fraction of sp³-hybridized carbons (Fsp3) is 1.00. The predicted molar refractivity (Wildman–Crippen MR) is 58.9 cm³/mol. The number of aliphatic hydroxyl groups is 1. The number of hydrogen-bond acceptors (Lipinski definition) is 1. The second-order valence-corrected chi connectivity index (χ2v) is 6.07. The van der Waals surface area contributed by atoms with E-state index in [1.165, 1.54) is 19.3 Å². The van der Waals surface area contributed by atoms with Crippen LogP contribution in [0, 0.1) is 29.1 Å². The minimum absolute atomic E-state index is 0.0232. The van der Waals surface area contributed by atoms with Gasteiger partial charge in [-0.3, -0.25) is 0 Å². The molecule has 3 fully saturated rings. The molecule has 0 aliphatic heterocycles. The first-order chi connectivity index (χ1) is 6.50. The van der Waals surface area contributed by atoms with E-state index in [1.807, 2.05) is 0 Å². The summed E-state index contributed by atoms with van der Waals surface area (Å²) in [5, 5.41) is 10.3. The third kappa shape index (κ3) is 1.18. The molecule has 3 rings (SSSR count). The van der Waals surface area contributed by atoms with E-state index in [9.17, 15) is 5.11 Å². The van der Waals surface area contributed by atoms with Gasteiger partial charge >= 0.3 is 0 Å². The van der Waals surface area contributed by atoms with Gasteiger partial charge in [-0.15, -0.1) is 0 Å². The SMILES string of the molecule is CCCC1C(C)C2CC(C1O)C2(C)C. The van der Waals surface area contributed by atoms with Crippen LogP contribution in [0.25, 0.3) is 0 Å². The van der Waals surface area contributed by atoms with Crippen molar-refractivity contribution in [3.8, 4) is 0 Å². The molecule has 5 atom stereocenters. The van der Waals surface area contributed by atoms with Crippen LogP contribution in [0.2, 0.25) is 0 Å². The van der Waals surface area contributed by atoms with Crippen LogP contribution in [0.3, 0.4) is 0 Å². The molecule has 1 nitrogen and oxygen atoms in total. The highest BCUT2D eigenvalue weighted by Crippen LogP contribution is 2.63. The third-order valence-electron chi connectivity index (χ3n) is 5.20. The summed E-state index contributed by atoms with van der Waals surface area (Å²) in [6, 6.07) is 0. The number of aliphatic hydroxyl groups excluding tert-OH is 1. The van der Waals surface area contributed by atoms with Gasteiger partial charge in [0.25, 0.3) is 0 Å². The first-order valence-electron chi connectivity index (χ1n) is 6.18. The Morgan fingerprint density at radius 2 is 1.93 bits per heavy atom. The van der Waals surface area contributed by atoms with Crippen molar-refractivity contribution >= 4 is 0 Å². The average molecular weight is 196 g/mol. The smallest absolute Gasteiger partial charge is 0.0604 e. The molecule has 0 heterocycles. The Morgan fingerprint density at radius 1 is 1.29 bits per heavy atom. The molecule has 0 spiro atoms. The summed E-state index contributed by atoms with van der Waals surface area (Å²) in [6.07, 6.45) is 3.68. The quantitative estimate of drug-likeness (QED) is 0.719. The van der Waals surface area contributed by atoms with Crippen molar-refractivity contribution in [2.24, 2.45) is 29.1 Å². The van der Waals surface area contributed by atoms with E-state index in [0.717, 1.165) is 11.8 Å². The maximum Gasteiger partial charge on any atom is 0.0604 e. The van der Waals surface area contributed by atoms with Gasteiger partial charge in [-0.1, -0.05) is 34.1 Å². The monoisotopic (exact) mass is 196 g/mol. The summed E-state index contributed by atoms with van der Waals surface area (Å²) in [6.45, 7) is 9.26. The van der Waals surface area contributed by atoms with Crippen molar-refractivity contribution in [3.05, 3.63) is 0 Å². The molecule has 3 saturated carbocycles. The molecule has 0 saturated heterocycles. The van der Waals surface area contributed by atoms with Crippen molar-refractivity contribution in [2.75, 3.05) is 0 Å². The Bertz CT molecular complexity index is 203. The highest BCUT2D eigenvalue weighted by atomic mass is 16.3. The van der Waals surface area contributed by atoms with Crippen LogP contribution in [0.4, 0.5) is 0 Å². The minimum Gasteiger partial charge on any atom is -0.393 e. The zero-order valence-electron chi connectivity index (χ0n) is 9.96. The van der Waals surface area contributed by atoms with Crippen LogP contribution >= 0.6 is 0 Å². The third-order valence-corrected chi connectivity index (χ3v) is 5.20. The molecule has 0 radical (unpaired) electrons. The van der Waals surface area contributed by atoms with Crippen molar-refractivity contribution in [1.29, 1.82) is 0 Å². The molecule has 82 valence electrons. The molecule has 0 aromatic heterocycles. The molecule has 1 heteroatoms. The summed E-state index contributed by atoms with van der Waals surface area (Å²) >= 11 is 0. The topological polar surface area (TPSA) is 20.2 Å². The maximum absolute atomic E-state index is 10.3. The fourth-order valence-corrected chi connectivity index (χ4v) is 4.14. The Hall–Kier alpha value is -0.0400. The van der Waals surface area contributed by atoms with Gasteiger partial charge in [0.15, 0.2) is 0 Å². The lowest BCUT2D eigenvalue weighted by molar-refractivity contribution is -0.201. The zero-order chi connectivity index (χ0) is 10.5. The van der Waals surface area contributed by atoms with E-state index in [0.29, 0.717) is 17.3 Å². The van der Waals surface area contributed by atoms with Crippen molar-refractivity contribution in [1.82, 2.24) is 0 Å². The second kappa shape index (κ2) is 3.23. The van der Waals surface area contributed by atoms with Gasteiger partial charge < -0.3 is 5.11 Å². The largest absolute Gasteiger partial charge is 0.393 e. The molecule has 1 N–H and O–H groups in total. The van der Waals surface area contributed by atoms with Crippen LogP contribution in [0.5, 0.6) is 0 Å². The molecule has 0 amide bonds. The van der Waals surface area contributed by atoms with Gasteiger partial charge in [-0.05, 0) is 41.9 Å². The standard InChI is InChI=1S/C13H24O/c1-5-6-9-8(2)10-7-11(12(9)14)13(10,3)4/h8-12,14H,5-7H2,1-4H3. The van der Waals surface area contributed by atoms with Gasteiger partial charge in [0.05, 0.1) is 6.10 Å². The lowest BCUT2D eigenvalue weighted by Gasteiger charge is -2.64. The van der Waals surface area contributed by atoms with Gasteiger partial charge in [0.2, 0.25) is 0 Å². The van der Waals surface area contributed by atoms with Gasteiger partial charge in [-0.25, -0.2) is 0 Å². The molecule has 2 bridgehead atoms. The predicted octanol–water partition coefficient (Wildman–Crippen LogP) is 3.08. The van der Waals surface area contributed by atoms with Crippen LogP contribution < -0.4 is 0 Å².